The van der Waals surface area contributed by atoms with Crippen molar-refractivity contribution in [3.05, 3.63) is 41.0 Å². The number of hydrogen-bond donors (Lipinski definition) is 2. The summed E-state index contributed by atoms with van der Waals surface area (Å²) in [5.74, 6) is -1.83. The molecule has 0 fully saturated rings. The maximum Gasteiger partial charge on any atom is 0.326 e. The Morgan fingerprint density at radius 3 is 2.58 bits per heavy atom. The van der Waals surface area contributed by atoms with Crippen LogP contribution < -0.4 is 5.32 Å². The molecule has 2 amide bonds. The van der Waals surface area contributed by atoms with Crippen molar-refractivity contribution in [2.24, 2.45) is 0 Å². The zero-order valence-electron chi connectivity index (χ0n) is 19.1. The van der Waals surface area contributed by atoms with Crippen molar-refractivity contribution in [1.29, 1.82) is 0 Å². The van der Waals surface area contributed by atoms with E-state index in [-0.39, 0.29) is 18.5 Å². The number of halogens is 1. The predicted octanol–water partition coefficient (Wildman–Crippen LogP) is 4.15. The summed E-state index contributed by atoms with van der Waals surface area (Å²) in [6.45, 7) is 4.17. The molecule has 2 N–H and O–H groups in total. The van der Waals surface area contributed by atoms with Gasteiger partial charge in [-0.05, 0) is 31.0 Å². The van der Waals surface area contributed by atoms with E-state index in [0.717, 1.165) is 31.2 Å². The summed E-state index contributed by atoms with van der Waals surface area (Å²) in [5, 5.41) is 17.2. The van der Waals surface area contributed by atoms with Gasteiger partial charge in [0.2, 0.25) is 5.91 Å². The molecule has 2 aromatic rings. The number of aliphatic carboxylic acids is 1. The van der Waals surface area contributed by atoms with Crippen LogP contribution in [0.15, 0.2) is 30.3 Å². The summed E-state index contributed by atoms with van der Waals surface area (Å²) >= 11 is 6.00. The number of amides is 2. The van der Waals surface area contributed by atoms with E-state index in [1.54, 1.807) is 22.9 Å². The van der Waals surface area contributed by atoms with Crippen LogP contribution in [0.2, 0.25) is 5.02 Å². The van der Waals surface area contributed by atoms with E-state index in [9.17, 15) is 19.5 Å². The molecular weight excluding hydrogens is 444 g/mol. The van der Waals surface area contributed by atoms with Gasteiger partial charge < -0.3 is 15.3 Å². The zero-order valence-corrected chi connectivity index (χ0v) is 19.8. The van der Waals surface area contributed by atoms with Crippen LogP contribution in [0.5, 0.6) is 0 Å². The van der Waals surface area contributed by atoms with E-state index in [0.29, 0.717) is 35.8 Å². The minimum atomic E-state index is -1.07. The monoisotopic (exact) mass is 474 g/mol. The van der Waals surface area contributed by atoms with Crippen molar-refractivity contribution in [3.8, 4) is 11.3 Å². The van der Waals surface area contributed by atoms with Gasteiger partial charge in [-0.2, -0.15) is 5.10 Å². The van der Waals surface area contributed by atoms with Crippen molar-refractivity contribution in [3.63, 3.8) is 0 Å². The number of unbranched alkanes of at least 4 members (excludes halogenated alkanes) is 2. The average molecular weight is 475 g/mol. The maximum atomic E-state index is 13.2. The predicted molar refractivity (Wildman–Crippen MR) is 126 cm³/mol. The smallest absolute Gasteiger partial charge is 0.326 e. The van der Waals surface area contributed by atoms with E-state index in [1.165, 1.54) is 4.90 Å². The van der Waals surface area contributed by atoms with Gasteiger partial charge in [0.15, 0.2) is 0 Å². The molecule has 9 heteroatoms. The standard InChI is InChI=1S/C24H31ClN4O4/c1-3-5-6-8-18-14-28(15-22(30)26-19(7-4-2)24(32)33)23(31)21-13-20(27-29(18)21)16-9-11-17(25)12-10-16/h9-13,18-19H,3-8,14-15H2,1-2H3,(H,26,30)(H,32,33). The molecule has 0 aliphatic carbocycles. The van der Waals surface area contributed by atoms with E-state index >= 15 is 0 Å². The van der Waals surface area contributed by atoms with E-state index in [1.807, 2.05) is 19.1 Å². The second-order valence-corrected chi connectivity index (χ2v) is 8.89. The zero-order chi connectivity index (χ0) is 24.0. The average Bonchev–Trinajstić information content (AvgIpc) is 3.23. The first-order valence-electron chi connectivity index (χ1n) is 11.5. The third-order valence-electron chi connectivity index (χ3n) is 5.85. The summed E-state index contributed by atoms with van der Waals surface area (Å²) < 4.78 is 1.79. The number of fused-ring (bicyclic) bond motifs is 1. The number of carbonyl (C=O) groups excluding carboxylic acids is 2. The first-order valence-corrected chi connectivity index (χ1v) is 11.9. The molecule has 2 unspecified atom stereocenters. The molecule has 0 saturated heterocycles. The largest absolute Gasteiger partial charge is 0.480 e. The summed E-state index contributed by atoms with van der Waals surface area (Å²) in [6.07, 6.45) is 4.94. The Kier molecular flexibility index (Phi) is 8.49. The molecule has 3 rings (SSSR count). The Morgan fingerprint density at radius 1 is 1.21 bits per heavy atom. The van der Waals surface area contributed by atoms with Gasteiger partial charge in [-0.3, -0.25) is 14.3 Å². The third kappa shape index (κ3) is 6.13. The molecule has 0 saturated carbocycles. The van der Waals surface area contributed by atoms with Gasteiger partial charge in [0.1, 0.15) is 11.7 Å². The van der Waals surface area contributed by atoms with Crippen LogP contribution >= 0.6 is 11.6 Å². The molecular formula is C24H31ClN4O4. The summed E-state index contributed by atoms with van der Waals surface area (Å²) in [6, 6.07) is 8.02. The number of carboxylic acids is 1. The first kappa shape index (κ1) is 24.8. The quantitative estimate of drug-likeness (QED) is 0.476. The molecule has 1 aromatic heterocycles. The molecule has 0 bridgehead atoms. The Bertz CT molecular complexity index is 989. The lowest BCUT2D eigenvalue weighted by Crippen LogP contribution is -2.50. The van der Waals surface area contributed by atoms with Gasteiger partial charge in [-0.25, -0.2) is 4.79 Å². The summed E-state index contributed by atoms with van der Waals surface area (Å²) in [5.41, 5.74) is 1.97. The molecule has 0 radical (unpaired) electrons. The molecule has 2 atom stereocenters. The lowest BCUT2D eigenvalue weighted by atomic mass is 10.0. The van der Waals surface area contributed by atoms with Gasteiger partial charge in [0.05, 0.1) is 18.3 Å². The SMILES string of the molecule is CCCCCC1CN(CC(=O)NC(CCC)C(=O)O)C(=O)c2cc(-c3ccc(Cl)cc3)nn21. The van der Waals surface area contributed by atoms with Gasteiger partial charge >= 0.3 is 5.97 Å². The molecule has 33 heavy (non-hydrogen) atoms. The third-order valence-corrected chi connectivity index (χ3v) is 6.10. The van der Waals surface area contributed by atoms with E-state index in [4.69, 9.17) is 16.7 Å². The molecule has 8 nitrogen and oxygen atoms in total. The van der Waals surface area contributed by atoms with E-state index < -0.39 is 17.9 Å². The number of hydrogen-bond acceptors (Lipinski definition) is 4. The molecule has 1 aromatic carbocycles. The van der Waals surface area contributed by atoms with Crippen LogP contribution in [0, 0.1) is 0 Å². The van der Waals surface area contributed by atoms with Crippen LogP contribution in [0.3, 0.4) is 0 Å². The molecule has 178 valence electrons. The van der Waals surface area contributed by atoms with E-state index in [2.05, 4.69) is 12.2 Å². The number of rotatable bonds is 11. The Morgan fingerprint density at radius 2 is 1.94 bits per heavy atom. The number of aromatic nitrogens is 2. The van der Waals surface area contributed by atoms with Gasteiger partial charge in [0.25, 0.3) is 5.91 Å². The highest BCUT2D eigenvalue weighted by Crippen LogP contribution is 2.29. The van der Waals surface area contributed by atoms with Crippen LogP contribution in [-0.2, 0) is 9.59 Å². The second-order valence-electron chi connectivity index (χ2n) is 8.45. The Balaban J connectivity index is 1.82. The topological polar surface area (TPSA) is 105 Å². The minimum absolute atomic E-state index is 0.0518. The Labute approximate surface area is 198 Å². The van der Waals surface area contributed by atoms with Crippen molar-refractivity contribution >= 4 is 29.4 Å². The highest BCUT2D eigenvalue weighted by atomic mass is 35.5. The number of benzene rings is 1. The number of nitrogens with one attached hydrogen (secondary N) is 1. The molecule has 1 aliphatic rings. The van der Waals surface area contributed by atoms with Gasteiger partial charge in [-0.1, -0.05) is 63.3 Å². The fraction of sp³-hybridized carbons (Fsp3) is 0.500. The molecule has 0 spiro atoms. The van der Waals surface area contributed by atoms with Crippen LogP contribution in [0.25, 0.3) is 11.3 Å². The van der Waals surface area contributed by atoms with Crippen LogP contribution in [0.4, 0.5) is 0 Å². The Hall–Kier alpha value is -2.87. The van der Waals surface area contributed by atoms with Crippen LogP contribution in [-0.4, -0.2) is 56.7 Å². The fourth-order valence-electron chi connectivity index (χ4n) is 4.11. The lowest BCUT2D eigenvalue weighted by Gasteiger charge is -2.33. The first-order chi connectivity index (χ1) is 15.8. The number of nitrogens with zero attached hydrogens (tertiary/aromatic N) is 3. The maximum absolute atomic E-state index is 13.2. The number of carboxylic acid groups (broad SMARTS) is 1. The second kappa shape index (κ2) is 11.3. The summed E-state index contributed by atoms with van der Waals surface area (Å²) in [7, 11) is 0. The minimum Gasteiger partial charge on any atom is -0.480 e. The van der Waals surface area contributed by atoms with Crippen molar-refractivity contribution in [2.45, 2.75) is 64.5 Å². The normalized spacial score (nSPS) is 16.4. The van der Waals surface area contributed by atoms with Gasteiger partial charge in [-0.15, -0.1) is 0 Å². The summed E-state index contributed by atoms with van der Waals surface area (Å²) in [4.78, 5) is 38.7. The van der Waals surface area contributed by atoms with Crippen molar-refractivity contribution < 1.29 is 19.5 Å². The lowest BCUT2D eigenvalue weighted by molar-refractivity contribution is -0.142. The molecule has 1 aliphatic heterocycles. The highest BCUT2D eigenvalue weighted by Gasteiger charge is 2.34. The van der Waals surface area contributed by atoms with Gasteiger partial charge in [0, 0.05) is 17.1 Å². The number of carbonyl (C=O) groups is 3. The van der Waals surface area contributed by atoms with Crippen LogP contribution in [0.1, 0.15) is 68.9 Å². The fourth-order valence-corrected chi connectivity index (χ4v) is 4.24. The highest BCUT2D eigenvalue weighted by molar-refractivity contribution is 6.30. The van der Waals surface area contributed by atoms with Crippen molar-refractivity contribution in [1.82, 2.24) is 20.0 Å². The molecule has 2 heterocycles. The van der Waals surface area contributed by atoms with Crippen molar-refractivity contribution in [2.75, 3.05) is 13.1 Å².